The fourth-order valence-electron chi connectivity index (χ4n) is 2.20. The first-order chi connectivity index (χ1) is 11.5. The number of rotatable bonds is 7. The zero-order valence-corrected chi connectivity index (χ0v) is 14.3. The highest BCUT2D eigenvalue weighted by molar-refractivity contribution is 7.98. The molecule has 0 amide bonds. The molecule has 2 aromatic carbocycles. The van der Waals surface area contributed by atoms with E-state index in [-0.39, 0.29) is 11.3 Å². The molecular weight excluding hydrogens is 332 g/mol. The molecule has 0 bridgehead atoms. The number of carboxylic acids is 1. The van der Waals surface area contributed by atoms with Crippen molar-refractivity contribution in [2.45, 2.75) is 10.6 Å². The average molecular weight is 350 g/mol. The Morgan fingerprint density at radius 2 is 1.75 bits per heavy atom. The SMILES string of the molecule is COc1cc(O)c(C(=O)O)c(CSc2ccc(OC)c(OC)c2)c1. The van der Waals surface area contributed by atoms with Crippen LogP contribution in [-0.2, 0) is 5.75 Å². The van der Waals surface area contributed by atoms with Gasteiger partial charge in [-0.3, -0.25) is 0 Å². The number of hydrogen-bond donors (Lipinski definition) is 2. The molecule has 0 aliphatic heterocycles. The Morgan fingerprint density at radius 3 is 2.33 bits per heavy atom. The second-order valence-electron chi connectivity index (χ2n) is 4.79. The predicted molar refractivity (Wildman–Crippen MR) is 90.7 cm³/mol. The van der Waals surface area contributed by atoms with Crippen LogP contribution in [0.1, 0.15) is 15.9 Å². The molecule has 2 rings (SSSR count). The van der Waals surface area contributed by atoms with E-state index in [2.05, 4.69) is 0 Å². The van der Waals surface area contributed by atoms with Gasteiger partial charge >= 0.3 is 5.97 Å². The lowest BCUT2D eigenvalue weighted by Crippen LogP contribution is -2.03. The van der Waals surface area contributed by atoms with E-state index in [9.17, 15) is 15.0 Å². The predicted octanol–water partition coefficient (Wildman–Crippen LogP) is 3.41. The molecule has 0 aliphatic carbocycles. The van der Waals surface area contributed by atoms with E-state index in [0.29, 0.717) is 28.6 Å². The molecule has 0 saturated carbocycles. The lowest BCUT2D eigenvalue weighted by molar-refractivity contribution is 0.0693. The zero-order chi connectivity index (χ0) is 17.7. The van der Waals surface area contributed by atoms with Gasteiger partial charge in [0.2, 0.25) is 0 Å². The molecule has 0 aliphatic rings. The monoisotopic (exact) mass is 350 g/mol. The largest absolute Gasteiger partial charge is 0.507 e. The van der Waals surface area contributed by atoms with Gasteiger partial charge in [0.05, 0.1) is 21.3 Å². The minimum atomic E-state index is -1.18. The van der Waals surface area contributed by atoms with Gasteiger partial charge in [0.1, 0.15) is 17.1 Å². The van der Waals surface area contributed by atoms with Crippen molar-refractivity contribution in [3.05, 3.63) is 41.5 Å². The molecule has 0 radical (unpaired) electrons. The van der Waals surface area contributed by atoms with E-state index >= 15 is 0 Å². The standard InChI is InChI=1S/C17H18O6S/c1-21-11-6-10(16(17(19)20)13(18)7-11)9-24-12-4-5-14(22-2)15(8-12)23-3/h4-8,18H,9H2,1-3H3,(H,19,20). The third-order valence-corrected chi connectivity index (χ3v) is 4.41. The Bertz CT molecular complexity index is 744. The van der Waals surface area contributed by atoms with E-state index in [0.717, 1.165) is 4.90 Å². The zero-order valence-electron chi connectivity index (χ0n) is 13.5. The van der Waals surface area contributed by atoms with Gasteiger partial charge in [0, 0.05) is 16.7 Å². The normalized spacial score (nSPS) is 10.3. The van der Waals surface area contributed by atoms with E-state index < -0.39 is 5.97 Å². The van der Waals surface area contributed by atoms with E-state index in [4.69, 9.17) is 14.2 Å². The number of thioether (sulfide) groups is 1. The molecule has 6 nitrogen and oxygen atoms in total. The van der Waals surface area contributed by atoms with E-state index in [1.165, 1.54) is 24.9 Å². The van der Waals surface area contributed by atoms with Crippen LogP contribution in [0.25, 0.3) is 0 Å². The molecule has 2 N–H and O–H groups in total. The van der Waals surface area contributed by atoms with Gasteiger partial charge in [0.25, 0.3) is 0 Å². The van der Waals surface area contributed by atoms with Gasteiger partial charge in [-0.1, -0.05) is 0 Å². The van der Waals surface area contributed by atoms with Crippen LogP contribution in [0.5, 0.6) is 23.0 Å². The van der Waals surface area contributed by atoms with Crippen LogP contribution >= 0.6 is 11.8 Å². The van der Waals surface area contributed by atoms with Crippen molar-refractivity contribution < 1.29 is 29.2 Å². The summed E-state index contributed by atoms with van der Waals surface area (Å²) in [4.78, 5) is 12.3. The third kappa shape index (κ3) is 3.86. The molecule has 0 heterocycles. The average Bonchev–Trinajstić information content (AvgIpc) is 2.58. The highest BCUT2D eigenvalue weighted by Gasteiger charge is 2.18. The highest BCUT2D eigenvalue weighted by atomic mass is 32.2. The topological polar surface area (TPSA) is 85.2 Å². The maximum Gasteiger partial charge on any atom is 0.339 e. The summed E-state index contributed by atoms with van der Waals surface area (Å²) < 4.78 is 15.5. The maximum absolute atomic E-state index is 11.4. The lowest BCUT2D eigenvalue weighted by Gasteiger charge is -2.12. The molecule has 0 atom stereocenters. The molecule has 0 fully saturated rings. The molecule has 2 aromatic rings. The van der Waals surface area contributed by atoms with Crippen LogP contribution < -0.4 is 14.2 Å². The fourth-order valence-corrected chi connectivity index (χ4v) is 3.11. The maximum atomic E-state index is 11.4. The van der Waals surface area contributed by atoms with Crippen molar-refractivity contribution in [1.82, 2.24) is 0 Å². The Labute approximate surface area is 144 Å². The number of aromatic carboxylic acids is 1. The first-order valence-corrected chi connectivity index (χ1v) is 7.96. The summed E-state index contributed by atoms with van der Waals surface area (Å²) in [5.74, 6) is 0.465. The smallest absolute Gasteiger partial charge is 0.339 e. The second kappa shape index (κ2) is 7.83. The molecule has 24 heavy (non-hydrogen) atoms. The van der Waals surface area contributed by atoms with Crippen molar-refractivity contribution in [2.75, 3.05) is 21.3 Å². The van der Waals surface area contributed by atoms with Crippen LogP contribution in [0.15, 0.2) is 35.2 Å². The first-order valence-electron chi connectivity index (χ1n) is 6.98. The lowest BCUT2D eigenvalue weighted by atomic mass is 10.1. The summed E-state index contributed by atoms with van der Waals surface area (Å²) in [6, 6.07) is 8.34. The summed E-state index contributed by atoms with van der Waals surface area (Å²) in [6.07, 6.45) is 0. The van der Waals surface area contributed by atoms with Gasteiger partial charge < -0.3 is 24.4 Å². The van der Waals surface area contributed by atoms with Crippen LogP contribution in [0.3, 0.4) is 0 Å². The molecule has 0 unspecified atom stereocenters. The van der Waals surface area contributed by atoms with Crippen molar-refractivity contribution in [3.63, 3.8) is 0 Å². The van der Waals surface area contributed by atoms with Crippen molar-refractivity contribution in [3.8, 4) is 23.0 Å². The Balaban J connectivity index is 2.28. The minimum Gasteiger partial charge on any atom is -0.507 e. The fraction of sp³-hybridized carbons (Fsp3) is 0.235. The Hall–Kier alpha value is -2.54. The van der Waals surface area contributed by atoms with Crippen molar-refractivity contribution >= 4 is 17.7 Å². The summed E-state index contributed by atoms with van der Waals surface area (Å²) >= 11 is 1.42. The summed E-state index contributed by atoms with van der Waals surface area (Å²) in [5.41, 5.74) is 0.350. The second-order valence-corrected chi connectivity index (χ2v) is 5.84. The van der Waals surface area contributed by atoms with Gasteiger partial charge in [-0.25, -0.2) is 4.79 Å². The summed E-state index contributed by atoms with van der Waals surface area (Å²) in [6.45, 7) is 0. The molecule has 128 valence electrons. The number of ether oxygens (including phenoxy) is 3. The van der Waals surface area contributed by atoms with E-state index in [1.807, 2.05) is 12.1 Å². The Kier molecular flexibility index (Phi) is 5.81. The van der Waals surface area contributed by atoms with Crippen LogP contribution in [-0.4, -0.2) is 37.5 Å². The van der Waals surface area contributed by atoms with Gasteiger partial charge in [0.15, 0.2) is 11.5 Å². The van der Waals surface area contributed by atoms with Gasteiger partial charge in [-0.05, 0) is 29.8 Å². The Morgan fingerprint density at radius 1 is 1.04 bits per heavy atom. The molecule has 0 spiro atoms. The number of methoxy groups -OCH3 is 3. The number of aromatic hydroxyl groups is 1. The first kappa shape index (κ1) is 17.8. The van der Waals surface area contributed by atoms with Crippen LogP contribution in [0.4, 0.5) is 0 Å². The number of hydrogen-bond acceptors (Lipinski definition) is 6. The molecule has 0 aromatic heterocycles. The van der Waals surface area contributed by atoms with Gasteiger partial charge in [-0.2, -0.15) is 0 Å². The number of carbonyl (C=O) groups is 1. The number of benzene rings is 2. The number of phenols is 1. The molecule has 0 saturated heterocycles. The summed E-state index contributed by atoms with van der Waals surface area (Å²) in [5, 5.41) is 19.2. The van der Waals surface area contributed by atoms with Crippen LogP contribution in [0.2, 0.25) is 0 Å². The van der Waals surface area contributed by atoms with Crippen LogP contribution in [0, 0.1) is 0 Å². The summed E-state index contributed by atoms with van der Waals surface area (Å²) in [7, 11) is 4.57. The molecule has 7 heteroatoms. The highest BCUT2D eigenvalue weighted by Crippen LogP contribution is 2.36. The molecular formula is C17H18O6S. The quantitative estimate of drug-likeness (QED) is 0.740. The minimum absolute atomic E-state index is 0.122. The van der Waals surface area contributed by atoms with Crippen molar-refractivity contribution in [2.24, 2.45) is 0 Å². The van der Waals surface area contributed by atoms with E-state index in [1.54, 1.807) is 26.4 Å². The number of carboxylic acid groups (broad SMARTS) is 1. The van der Waals surface area contributed by atoms with Gasteiger partial charge in [-0.15, -0.1) is 11.8 Å². The van der Waals surface area contributed by atoms with Crippen molar-refractivity contribution in [1.29, 1.82) is 0 Å². The third-order valence-electron chi connectivity index (χ3n) is 3.37.